The predicted molar refractivity (Wildman–Crippen MR) is 137 cm³/mol. The molecule has 0 radical (unpaired) electrons. The molecule has 188 valence electrons. The van der Waals surface area contributed by atoms with Gasteiger partial charge in [-0.05, 0) is 47.9 Å². The molecule has 3 heterocycles. The maximum atomic E-state index is 13.4. The number of nitrogens with one attached hydrogen (secondary N) is 1. The molecule has 0 bridgehead atoms. The molecule has 1 N–H and O–H groups in total. The molecule has 3 aromatic carbocycles. The van der Waals surface area contributed by atoms with E-state index in [1.165, 1.54) is 16.3 Å². The number of rotatable bonds is 7. The lowest BCUT2D eigenvalue weighted by atomic mass is 9.95. The van der Waals surface area contributed by atoms with E-state index in [9.17, 15) is 4.79 Å². The van der Waals surface area contributed by atoms with E-state index in [4.69, 9.17) is 14.0 Å². The number of methoxy groups -OCH3 is 1. The Labute approximate surface area is 214 Å². The number of fused-ring (bicyclic) bond motifs is 2. The molecule has 6 rings (SSSR count). The van der Waals surface area contributed by atoms with Crippen molar-refractivity contribution in [1.29, 1.82) is 0 Å². The van der Waals surface area contributed by atoms with Crippen LogP contribution in [0.15, 0.2) is 77.6 Å². The minimum Gasteiger partial charge on any atom is -0.493 e. The Hall–Kier alpha value is -4.37. The van der Waals surface area contributed by atoms with Crippen molar-refractivity contribution in [2.45, 2.75) is 32.0 Å². The average molecular weight is 498 g/mol. The molecule has 0 aliphatic carbocycles. The van der Waals surface area contributed by atoms with Gasteiger partial charge in [0.15, 0.2) is 11.5 Å². The summed E-state index contributed by atoms with van der Waals surface area (Å²) in [5.74, 6) is 2.00. The summed E-state index contributed by atoms with van der Waals surface area (Å²) in [4.78, 5) is 19.5. The first kappa shape index (κ1) is 23.1. The highest BCUT2D eigenvalue weighted by Gasteiger charge is 2.40. The van der Waals surface area contributed by atoms with Crippen LogP contribution in [0.1, 0.15) is 30.8 Å². The van der Waals surface area contributed by atoms with E-state index in [0.29, 0.717) is 36.2 Å². The van der Waals surface area contributed by atoms with Crippen molar-refractivity contribution in [3.05, 3.63) is 84.5 Å². The Bertz CT molecular complexity index is 1480. The lowest BCUT2D eigenvalue weighted by molar-refractivity contribution is -0.135. The maximum Gasteiger partial charge on any atom is 0.251 e. The summed E-state index contributed by atoms with van der Waals surface area (Å²) in [6, 6.07) is 19.8. The van der Waals surface area contributed by atoms with Gasteiger partial charge in [-0.15, -0.1) is 0 Å². The Morgan fingerprint density at radius 3 is 2.81 bits per heavy atom. The summed E-state index contributed by atoms with van der Waals surface area (Å²) >= 11 is 0. The molecule has 2 aliphatic heterocycles. The molecular formula is C28H27N5O4. The minimum absolute atomic E-state index is 0.0137. The standard InChI is InChI=1S/C28H27N5O4/c1-3-36-24-12-11-19(15-25(24)35-2)27-29-26(37-31-27)17-32-13-14-33-23(28(32)34)16-22(30-33)21-10-6-8-18-7-4-5-9-20(18)21/h4-15,22-23,30H,3,16-17H2,1-2H3. The number of amides is 1. The van der Waals surface area contributed by atoms with Gasteiger partial charge < -0.3 is 23.9 Å². The first-order valence-corrected chi connectivity index (χ1v) is 12.3. The fraction of sp³-hybridized carbons (Fsp3) is 0.250. The van der Waals surface area contributed by atoms with E-state index >= 15 is 0 Å². The number of hydrogen-bond donors (Lipinski definition) is 1. The average Bonchev–Trinajstić information content (AvgIpc) is 3.58. The zero-order valence-electron chi connectivity index (χ0n) is 20.6. The first-order chi connectivity index (χ1) is 18.1. The maximum absolute atomic E-state index is 13.4. The quantitative estimate of drug-likeness (QED) is 0.401. The van der Waals surface area contributed by atoms with Gasteiger partial charge in [0.25, 0.3) is 5.91 Å². The normalized spacial score (nSPS) is 18.9. The van der Waals surface area contributed by atoms with Gasteiger partial charge in [0.1, 0.15) is 12.6 Å². The summed E-state index contributed by atoms with van der Waals surface area (Å²) < 4.78 is 16.5. The second-order valence-corrected chi connectivity index (χ2v) is 8.98. The number of hydrazine groups is 1. The molecule has 37 heavy (non-hydrogen) atoms. The van der Waals surface area contributed by atoms with Gasteiger partial charge in [-0.2, -0.15) is 4.98 Å². The highest BCUT2D eigenvalue weighted by atomic mass is 16.5. The first-order valence-electron chi connectivity index (χ1n) is 12.3. The van der Waals surface area contributed by atoms with Crippen molar-refractivity contribution >= 4 is 16.7 Å². The number of hydrogen-bond acceptors (Lipinski definition) is 8. The molecule has 0 spiro atoms. The van der Waals surface area contributed by atoms with Gasteiger partial charge in [-0.1, -0.05) is 47.6 Å². The third-order valence-corrected chi connectivity index (χ3v) is 6.77. The van der Waals surface area contributed by atoms with Gasteiger partial charge in [-0.25, -0.2) is 5.43 Å². The molecule has 4 aromatic rings. The van der Waals surface area contributed by atoms with Crippen LogP contribution in [0.25, 0.3) is 22.2 Å². The highest BCUT2D eigenvalue weighted by Crippen LogP contribution is 2.35. The zero-order valence-corrected chi connectivity index (χ0v) is 20.6. The van der Waals surface area contributed by atoms with Crippen LogP contribution in [0, 0.1) is 0 Å². The molecule has 0 saturated carbocycles. The molecule has 2 atom stereocenters. The number of aromatic nitrogens is 2. The van der Waals surface area contributed by atoms with Crippen LogP contribution in [0.4, 0.5) is 0 Å². The highest BCUT2D eigenvalue weighted by molar-refractivity contribution is 5.87. The Kier molecular flexibility index (Phi) is 5.97. The largest absolute Gasteiger partial charge is 0.493 e. The van der Waals surface area contributed by atoms with E-state index in [2.05, 4.69) is 45.9 Å². The van der Waals surface area contributed by atoms with Crippen molar-refractivity contribution in [3.8, 4) is 22.9 Å². The fourth-order valence-electron chi connectivity index (χ4n) is 4.99. The molecule has 1 aromatic heterocycles. The van der Waals surface area contributed by atoms with Crippen molar-refractivity contribution in [2.75, 3.05) is 13.7 Å². The van der Waals surface area contributed by atoms with E-state index < -0.39 is 0 Å². The van der Waals surface area contributed by atoms with E-state index in [1.54, 1.807) is 24.3 Å². The van der Waals surface area contributed by atoms with Crippen LogP contribution in [-0.2, 0) is 11.3 Å². The Morgan fingerprint density at radius 2 is 1.95 bits per heavy atom. The number of ether oxygens (including phenoxy) is 2. The second-order valence-electron chi connectivity index (χ2n) is 8.98. The monoisotopic (exact) mass is 497 g/mol. The van der Waals surface area contributed by atoms with Crippen LogP contribution >= 0.6 is 0 Å². The van der Waals surface area contributed by atoms with Crippen LogP contribution in [0.3, 0.4) is 0 Å². The van der Waals surface area contributed by atoms with Crippen LogP contribution in [0.5, 0.6) is 11.5 Å². The van der Waals surface area contributed by atoms with Gasteiger partial charge >= 0.3 is 0 Å². The van der Waals surface area contributed by atoms with Crippen molar-refractivity contribution in [2.24, 2.45) is 0 Å². The van der Waals surface area contributed by atoms with E-state index in [1.807, 2.05) is 42.4 Å². The summed E-state index contributed by atoms with van der Waals surface area (Å²) in [6.07, 6.45) is 4.31. The Balaban J connectivity index is 1.17. The topological polar surface area (TPSA) is 93.0 Å². The summed E-state index contributed by atoms with van der Waals surface area (Å²) in [5.41, 5.74) is 5.42. The van der Waals surface area contributed by atoms with Crippen molar-refractivity contribution < 1.29 is 18.8 Å². The molecule has 9 heteroatoms. The zero-order chi connectivity index (χ0) is 25.4. The van der Waals surface area contributed by atoms with Gasteiger partial charge in [0.05, 0.1) is 19.8 Å². The minimum atomic E-state index is -0.313. The third-order valence-electron chi connectivity index (χ3n) is 6.77. The molecule has 9 nitrogen and oxygen atoms in total. The smallest absolute Gasteiger partial charge is 0.251 e. The van der Waals surface area contributed by atoms with Crippen molar-refractivity contribution in [1.82, 2.24) is 25.5 Å². The van der Waals surface area contributed by atoms with Crippen LogP contribution < -0.4 is 14.9 Å². The Morgan fingerprint density at radius 1 is 1.08 bits per heavy atom. The predicted octanol–water partition coefficient (Wildman–Crippen LogP) is 4.43. The van der Waals surface area contributed by atoms with E-state index in [-0.39, 0.29) is 24.5 Å². The molecular weight excluding hydrogens is 470 g/mol. The van der Waals surface area contributed by atoms with Gasteiger partial charge in [-0.3, -0.25) is 4.79 Å². The summed E-state index contributed by atoms with van der Waals surface area (Å²) in [5, 5.41) is 8.39. The lowest BCUT2D eigenvalue weighted by Crippen LogP contribution is -2.47. The molecule has 2 aliphatic rings. The second kappa shape index (κ2) is 9.59. The van der Waals surface area contributed by atoms with Gasteiger partial charge in [0.2, 0.25) is 11.7 Å². The third kappa shape index (κ3) is 4.27. The number of nitrogens with zero attached hydrogens (tertiary/aromatic N) is 4. The van der Waals surface area contributed by atoms with Crippen molar-refractivity contribution in [3.63, 3.8) is 0 Å². The SMILES string of the molecule is CCOc1ccc(-c2noc(CN3C=CN4NC(c5cccc6ccccc56)CC4C3=O)n2)cc1OC. The molecule has 1 fully saturated rings. The van der Waals surface area contributed by atoms with E-state index in [0.717, 1.165) is 5.56 Å². The van der Waals surface area contributed by atoms with Crippen LogP contribution in [-0.4, -0.2) is 45.7 Å². The number of benzene rings is 3. The number of carbonyl (C=O) groups excluding carboxylic acids is 1. The summed E-state index contributed by atoms with van der Waals surface area (Å²) in [7, 11) is 1.59. The summed E-state index contributed by atoms with van der Waals surface area (Å²) in [6.45, 7) is 2.65. The number of carbonyl (C=O) groups is 1. The lowest BCUT2D eigenvalue weighted by Gasteiger charge is -2.30. The molecule has 1 amide bonds. The van der Waals surface area contributed by atoms with Gasteiger partial charge in [0, 0.05) is 18.0 Å². The van der Waals surface area contributed by atoms with Crippen LogP contribution in [0.2, 0.25) is 0 Å². The molecule has 1 saturated heterocycles. The molecule has 2 unspecified atom stereocenters. The fourth-order valence-corrected chi connectivity index (χ4v) is 4.99.